The van der Waals surface area contributed by atoms with Crippen molar-refractivity contribution in [1.29, 1.82) is 0 Å². The van der Waals surface area contributed by atoms with E-state index in [0.717, 1.165) is 22.7 Å². The van der Waals surface area contributed by atoms with Gasteiger partial charge >= 0.3 is 6.36 Å². The number of nitrogens with zero attached hydrogens (tertiary/aromatic N) is 1. The van der Waals surface area contributed by atoms with E-state index >= 15 is 0 Å². The molecular formula is C14H12F3NO2S. The second-order valence-corrected chi connectivity index (χ2v) is 5.71. The zero-order chi connectivity index (χ0) is 15.6. The molecule has 2 rings (SSSR count). The molecule has 0 N–H and O–H groups in total. The number of hydrogen-bond donors (Lipinski definition) is 0. The molecule has 0 saturated carbocycles. The Balaban J connectivity index is 2.06. The molecule has 0 fully saturated rings. The van der Waals surface area contributed by atoms with Crippen molar-refractivity contribution >= 4 is 17.1 Å². The van der Waals surface area contributed by atoms with Crippen LogP contribution < -0.4 is 4.74 Å². The second kappa shape index (κ2) is 5.85. The van der Waals surface area contributed by atoms with Crippen molar-refractivity contribution in [3.63, 3.8) is 0 Å². The van der Waals surface area contributed by atoms with Gasteiger partial charge in [0.05, 0.1) is 12.1 Å². The van der Waals surface area contributed by atoms with Gasteiger partial charge in [0.15, 0.2) is 5.78 Å². The van der Waals surface area contributed by atoms with Gasteiger partial charge in [-0.15, -0.1) is 24.5 Å². The first-order valence-electron chi connectivity index (χ1n) is 6.06. The van der Waals surface area contributed by atoms with E-state index in [1.54, 1.807) is 0 Å². The van der Waals surface area contributed by atoms with E-state index in [1.807, 2.05) is 13.8 Å². The van der Waals surface area contributed by atoms with Crippen LogP contribution in [0.15, 0.2) is 24.3 Å². The molecule has 1 heterocycles. The molecule has 1 aromatic heterocycles. The van der Waals surface area contributed by atoms with Gasteiger partial charge in [-0.1, -0.05) is 0 Å². The number of thiazole rings is 1. The fraction of sp³-hybridized carbons (Fsp3) is 0.286. The molecule has 3 nitrogen and oxygen atoms in total. The summed E-state index contributed by atoms with van der Waals surface area (Å²) >= 11 is 1.44. The van der Waals surface area contributed by atoms with Crippen LogP contribution >= 0.6 is 11.3 Å². The maximum absolute atomic E-state index is 12.0. The number of Topliss-reactive ketones (excluding diaryl/α,β-unsaturated/α-hetero) is 1. The van der Waals surface area contributed by atoms with Crippen LogP contribution in [0.3, 0.4) is 0 Å². The summed E-state index contributed by atoms with van der Waals surface area (Å²) in [6, 6.07) is 4.88. The number of carbonyl (C=O) groups is 1. The number of hydrogen-bond acceptors (Lipinski definition) is 4. The molecule has 0 spiro atoms. The number of aromatic nitrogens is 1. The summed E-state index contributed by atoms with van der Waals surface area (Å²) in [6.07, 6.45) is -4.60. The van der Waals surface area contributed by atoms with Crippen LogP contribution in [-0.4, -0.2) is 17.1 Å². The van der Waals surface area contributed by atoms with Gasteiger partial charge in [-0.25, -0.2) is 4.98 Å². The van der Waals surface area contributed by atoms with Crippen LogP contribution in [0.4, 0.5) is 13.2 Å². The summed E-state index contributed by atoms with van der Waals surface area (Å²) in [7, 11) is 0. The molecule has 1 aromatic carbocycles. The lowest BCUT2D eigenvalue weighted by molar-refractivity contribution is -0.274. The Morgan fingerprint density at radius 3 is 2.33 bits per heavy atom. The lowest BCUT2D eigenvalue weighted by atomic mass is 10.1. The highest BCUT2D eigenvalue weighted by atomic mass is 32.1. The molecule has 2 aromatic rings. The number of aryl methyl sites for hydroxylation is 2. The summed E-state index contributed by atoms with van der Waals surface area (Å²) in [5, 5.41) is 0.700. The van der Waals surface area contributed by atoms with Gasteiger partial charge in [0.1, 0.15) is 10.8 Å². The van der Waals surface area contributed by atoms with Crippen LogP contribution in [0.5, 0.6) is 5.75 Å². The predicted octanol–water partition coefficient (Wildman–Crippen LogP) is 4.08. The van der Waals surface area contributed by atoms with Gasteiger partial charge in [-0.05, 0) is 38.1 Å². The number of benzene rings is 1. The summed E-state index contributed by atoms with van der Waals surface area (Å²) in [5.41, 5.74) is 1.21. The molecule has 0 bridgehead atoms. The molecule has 0 aliphatic heterocycles. The molecule has 21 heavy (non-hydrogen) atoms. The van der Waals surface area contributed by atoms with Crippen molar-refractivity contribution in [1.82, 2.24) is 4.98 Å². The van der Waals surface area contributed by atoms with Crippen molar-refractivity contribution < 1.29 is 22.7 Å². The highest BCUT2D eigenvalue weighted by Crippen LogP contribution is 2.23. The molecule has 0 saturated heterocycles. The first kappa shape index (κ1) is 15.5. The fourth-order valence-electron chi connectivity index (χ4n) is 1.70. The van der Waals surface area contributed by atoms with Crippen LogP contribution in [0.2, 0.25) is 0 Å². The highest BCUT2D eigenvalue weighted by molar-refractivity contribution is 7.11. The zero-order valence-electron chi connectivity index (χ0n) is 11.3. The minimum absolute atomic E-state index is 0.138. The van der Waals surface area contributed by atoms with Crippen LogP contribution in [-0.2, 0) is 6.42 Å². The van der Waals surface area contributed by atoms with Crippen molar-refractivity contribution in [2.24, 2.45) is 0 Å². The standard InChI is InChI=1S/C14H12F3NO2S/c1-8-9(2)21-13(18-8)7-12(19)10-3-5-11(6-4-10)20-14(15,16)17/h3-6H,7H2,1-2H3. The van der Waals surface area contributed by atoms with Crippen molar-refractivity contribution in [3.05, 3.63) is 45.4 Å². The largest absolute Gasteiger partial charge is 0.573 e. The van der Waals surface area contributed by atoms with Crippen molar-refractivity contribution in [2.75, 3.05) is 0 Å². The molecule has 7 heteroatoms. The van der Waals surface area contributed by atoms with E-state index in [9.17, 15) is 18.0 Å². The van der Waals surface area contributed by atoms with E-state index < -0.39 is 6.36 Å². The van der Waals surface area contributed by atoms with Gasteiger partial charge < -0.3 is 4.74 Å². The van der Waals surface area contributed by atoms with Gasteiger partial charge in [-0.2, -0.15) is 0 Å². The second-order valence-electron chi connectivity index (χ2n) is 4.42. The molecular weight excluding hydrogens is 303 g/mol. The Kier molecular flexibility index (Phi) is 4.32. The first-order chi connectivity index (χ1) is 9.74. The SMILES string of the molecule is Cc1nc(CC(=O)c2ccc(OC(F)(F)F)cc2)sc1C. The minimum atomic E-state index is -4.73. The zero-order valence-corrected chi connectivity index (χ0v) is 12.1. The lowest BCUT2D eigenvalue weighted by Gasteiger charge is -2.08. The summed E-state index contributed by atoms with van der Waals surface area (Å²) in [5.74, 6) is -0.540. The van der Waals surface area contributed by atoms with E-state index in [-0.39, 0.29) is 18.0 Å². The summed E-state index contributed by atoms with van der Waals surface area (Å²) in [6.45, 7) is 3.79. The number of alkyl halides is 3. The smallest absolute Gasteiger partial charge is 0.406 e. The van der Waals surface area contributed by atoms with E-state index in [4.69, 9.17) is 0 Å². The Hall–Kier alpha value is -1.89. The quantitative estimate of drug-likeness (QED) is 0.798. The number of carbonyl (C=O) groups excluding carboxylic acids is 1. The van der Waals surface area contributed by atoms with Gasteiger partial charge in [0.25, 0.3) is 0 Å². The lowest BCUT2D eigenvalue weighted by Crippen LogP contribution is -2.17. The monoisotopic (exact) mass is 315 g/mol. The van der Waals surface area contributed by atoms with Crippen LogP contribution in [0.25, 0.3) is 0 Å². The van der Waals surface area contributed by atoms with Gasteiger partial charge in [0, 0.05) is 10.4 Å². The summed E-state index contributed by atoms with van der Waals surface area (Å²) < 4.78 is 39.8. The minimum Gasteiger partial charge on any atom is -0.406 e. The Morgan fingerprint density at radius 1 is 1.24 bits per heavy atom. The average Bonchev–Trinajstić information content (AvgIpc) is 2.67. The normalized spacial score (nSPS) is 11.5. The van der Waals surface area contributed by atoms with Crippen molar-refractivity contribution in [2.45, 2.75) is 26.6 Å². The summed E-state index contributed by atoms with van der Waals surface area (Å²) in [4.78, 5) is 17.3. The molecule has 0 aliphatic rings. The van der Waals surface area contributed by atoms with Crippen LogP contribution in [0, 0.1) is 13.8 Å². The third-order valence-electron chi connectivity index (χ3n) is 2.79. The van der Waals surface area contributed by atoms with E-state index in [1.165, 1.54) is 23.5 Å². The Morgan fingerprint density at radius 2 is 1.86 bits per heavy atom. The highest BCUT2D eigenvalue weighted by Gasteiger charge is 2.31. The topological polar surface area (TPSA) is 39.2 Å². The van der Waals surface area contributed by atoms with E-state index in [2.05, 4.69) is 9.72 Å². The molecule has 0 atom stereocenters. The Bertz CT molecular complexity index is 628. The number of halogens is 3. The number of ether oxygens (including phenoxy) is 1. The third-order valence-corrected chi connectivity index (χ3v) is 3.87. The molecule has 0 aliphatic carbocycles. The first-order valence-corrected chi connectivity index (χ1v) is 6.88. The number of ketones is 1. The number of rotatable bonds is 4. The molecule has 112 valence electrons. The third kappa shape index (κ3) is 4.29. The molecule has 0 radical (unpaired) electrons. The van der Waals surface area contributed by atoms with E-state index in [0.29, 0.717) is 10.6 Å². The maximum atomic E-state index is 12.0. The Labute approximate surface area is 123 Å². The van der Waals surface area contributed by atoms with Crippen molar-refractivity contribution in [3.8, 4) is 5.75 Å². The maximum Gasteiger partial charge on any atom is 0.573 e. The van der Waals surface area contributed by atoms with Gasteiger partial charge in [-0.3, -0.25) is 4.79 Å². The fourth-order valence-corrected chi connectivity index (χ4v) is 2.63. The predicted molar refractivity (Wildman–Crippen MR) is 72.7 cm³/mol. The molecule has 0 unspecified atom stereocenters. The van der Waals surface area contributed by atoms with Gasteiger partial charge in [0.2, 0.25) is 0 Å². The van der Waals surface area contributed by atoms with Crippen LogP contribution in [0.1, 0.15) is 25.9 Å². The average molecular weight is 315 g/mol. The molecule has 0 amide bonds.